The predicted molar refractivity (Wildman–Crippen MR) is 56.4 cm³/mol. The van der Waals surface area contributed by atoms with Gasteiger partial charge in [-0.25, -0.2) is 13.2 Å². The molecule has 0 aliphatic carbocycles. The van der Waals surface area contributed by atoms with Crippen LogP contribution in [-0.2, 0) is 17.1 Å². The second-order valence-corrected chi connectivity index (χ2v) is 4.77. The SMILES string of the molecule is C#CCNS(=O)(=O)c1cc(C(=O)O)n(C)c1. The summed E-state index contributed by atoms with van der Waals surface area (Å²) in [4.78, 5) is 10.6. The molecule has 1 aromatic heterocycles. The first-order valence-corrected chi connectivity index (χ1v) is 5.69. The van der Waals surface area contributed by atoms with Gasteiger partial charge in [0.05, 0.1) is 6.54 Å². The molecule has 0 bridgehead atoms. The average Bonchev–Trinajstić information content (AvgIpc) is 2.58. The Morgan fingerprint density at radius 3 is 2.75 bits per heavy atom. The van der Waals surface area contributed by atoms with E-state index in [0.29, 0.717) is 0 Å². The third kappa shape index (κ3) is 2.42. The van der Waals surface area contributed by atoms with E-state index < -0.39 is 16.0 Å². The maximum atomic E-state index is 11.6. The summed E-state index contributed by atoms with van der Waals surface area (Å²) < 4.78 is 26.5. The Morgan fingerprint density at radius 2 is 2.31 bits per heavy atom. The summed E-state index contributed by atoms with van der Waals surface area (Å²) in [5, 5.41) is 8.75. The van der Waals surface area contributed by atoms with Gasteiger partial charge in [0, 0.05) is 13.2 Å². The van der Waals surface area contributed by atoms with Gasteiger partial charge in [-0.05, 0) is 6.07 Å². The van der Waals surface area contributed by atoms with Gasteiger partial charge in [-0.1, -0.05) is 5.92 Å². The van der Waals surface area contributed by atoms with Gasteiger partial charge in [-0.2, -0.15) is 4.72 Å². The first-order chi connectivity index (χ1) is 7.38. The van der Waals surface area contributed by atoms with Crippen molar-refractivity contribution in [1.29, 1.82) is 0 Å². The van der Waals surface area contributed by atoms with E-state index in [2.05, 4.69) is 10.6 Å². The molecule has 1 aromatic rings. The number of nitrogens with one attached hydrogen (secondary N) is 1. The van der Waals surface area contributed by atoms with Crippen LogP contribution in [-0.4, -0.2) is 30.6 Å². The molecule has 1 heterocycles. The minimum absolute atomic E-state index is 0.110. The minimum Gasteiger partial charge on any atom is -0.477 e. The average molecular weight is 242 g/mol. The molecule has 0 amide bonds. The highest BCUT2D eigenvalue weighted by Gasteiger charge is 2.19. The summed E-state index contributed by atoms with van der Waals surface area (Å²) in [6.45, 7) is -0.139. The van der Waals surface area contributed by atoms with E-state index in [1.54, 1.807) is 0 Å². The van der Waals surface area contributed by atoms with Crippen molar-refractivity contribution in [2.45, 2.75) is 4.90 Å². The van der Waals surface area contributed by atoms with Gasteiger partial charge in [0.15, 0.2) is 0 Å². The van der Waals surface area contributed by atoms with Crippen molar-refractivity contribution in [1.82, 2.24) is 9.29 Å². The smallest absolute Gasteiger partial charge is 0.352 e. The minimum atomic E-state index is -3.73. The summed E-state index contributed by atoms with van der Waals surface area (Å²) in [6, 6.07) is 1.07. The normalized spacial score (nSPS) is 11.0. The van der Waals surface area contributed by atoms with E-state index in [1.165, 1.54) is 17.8 Å². The zero-order chi connectivity index (χ0) is 12.3. The Labute approximate surface area is 92.9 Å². The topological polar surface area (TPSA) is 88.4 Å². The number of carbonyl (C=O) groups is 1. The van der Waals surface area contributed by atoms with Crippen molar-refractivity contribution in [3.8, 4) is 12.3 Å². The van der Waals surface area contributed by atoms with Crippen molar-refractivity contribution in [3.63, 3.8) is 0 Å². The van der Waals surface area contributed by atoms with E-state index in [0.717, 1.165) is 6.07 Å². The maximum absolute atomic E-state index is 11.6. The predicted octanol–water partition coefficient (Wildman–Crippen LogP) is -0.365. The third-order valence-corrected chi connectivity index (χ3v) is 3.24. The third-order valence-electron chi connectivity index (χ3n) is 1.87. The Bertz CT molecular complexity index is 551. The number of hydrogen-bond donors (Lipinski definition) is 2. The molecule has 0 aromatic carbocycles. The highest BCUT2D eigenvalue weighted by Crippen LogP contribution is 2.12. The van der Waals surface area contributed by atoms with Crippen molar-refractivity contribution >= 4 is 16.0 Å². The zero-order valence-corrected chi connectivity index (χ0v) is 9.28. The number of aryl methyl sites for hydroxylation is 1. The summed E-state index contributed by atoms with van der Waals surface area (Å²) in [5.41, 5.74) is -0.110. The molecule has 6 nitrogen and oxygen atoms in total. The fourth-order valence-corrected chi connectivity index (χ4v) is 2.12. The van der Waals surface area contributed by atoms with Crippen molar-refractivity contribution in [2.24, 2.45) is 7.05 Å². The molecule has 0 saturated carbocycles. The number of sulfonamides is 1. The first kappa shape index (κ1) is 12.3. The highest BCUT2D eigenvalue weighted by atomic mass is 32.2. The van der Waals surface area contributed by atoms with E-state index in [9.17, 15) is 13.2 Å². The monoisotopic (exact) mass is 242 g/mol. The quantitative estimate of drug-likeness (QED) is 0.705. The van der Waals surface area contributed by atoms with E-state index in [-0.39, 0.29) is 17.1 Å². The summed E-state index contributed by atoms with van der Waals surface area (Å²) >= 11 is 0. The van der Waals surface area contributed by atoms with Crippen LogP contribution in [0, 0.1) is 12.3 Å². The van der Waals surface area contributed by atoms with Crippen LogP contribution in [0.2, 0.25) is 0 Å². The molecule has 0 aliphatic rings. The number of carboxylic acids is 1. The molecule has 0 saturated heterocycles. The number of aromatic nitrogens is 1. The fourth-order valence-electron chi connectivity index (χ4n) is 1.11. The van der Waals surface area contributed by atoms with Crippen LogP contribution in [0.5, 0.6) is 0 Å². The molecule has 16 heavy (non-hydrogen) atoms. The van der Waals surface area contributed by atoms with Crippen LogP contribution in [0.15, 0.2) is 17.2 Å². The van der Waals surface area contributed by atoms with Gasteiger partial charge < -0.3 is 9.67 Å². The van der Waals surface area contributed by atoms with Crippen LogP contribution < -0.4 is 4.72 Å². The second-order valence-electron chi connectivity index (χ2n) is 3.01. The molecule has 0 fully saturated rings. The van der Waals surface area contributed by atoms with E-state index in [1.807, 2.05) is 0 Å². The number of carboxylic acid groups (broad SMARTS) is 1. The van der Waals surface area contributed by atoms with Crippen LogP contribution in [0.3, 0.4) is 0 Å². The van der Waals surface area contributed by atoms with Crippen LogP contribution >= 0.6 is 0 Å². The van der Waals surface area contributed by atoms with Crippen molar-refractivity contribution in [2.75, 3.05) is 6.54 Å². The standard InChI is InChI=1S/C9H10N2O4S/c1-3-4-10-16(14,15)7-5-8(9(12)13)11(2)6-7/h1,5-6,10H,4H2,2H3,(H,12,13). The van der Waals surface area contributed by atoms with E-state index in [4.69, 9.17) is 11.5 Å². The molecule has 1 rings (SSSR count). The number of terminal acetylenes is 1. The molecular formula is C9H10N2O4S. The van der Waals surface area contributed by atoms with Crippen LogP contribution in [0.1, 0.15) is 10.5 Å². The molecular weight excluding hydrogens is 232 g/mol. The van der Waals surface area contributed by atoms with Gasteiger partial charge in [0.25, 0.3) is 0 Å². The largest absolute Gasteiger partial charge is 0.477 e. The highest BCUT2D eigenvalue weighted by molar-refractivity contribution is 7.89. The number of rotatable bonds is 4. The van der Waals surface area contributed by atoms with Gasteiger partial charge in [-0.15, -0.1) is 6.42 Å². The lowest BCUT2D eigenvalue weighted by molar-refractivity contribution is 0.0686. The Morgan fingerprint density at radius 1 is 1.69 bits per heavy atom. The molecule has 0 atom stereocenters. The Balaban J connectivity index is 3.11. The molecule has 0 radical (unpaired) electrons. The molecule has 0 unspecified atom stereocenters. The Hall–Kier alpha value is -1.78. The lowest BCUT2D eigenvalue weighted by atomic mass is 10.4. The van der Waals surface area contributed by atoms with Gasteiger partial charge in [0.2, 0.25) is 10.0 Å². The maximum Gasteiger partial charge on any atom is 0.352 e. The number of aromatic carboxylic acids is 1. The number of hydrogen-bond acceptors (Lipinski definition) is 3. The number of nitrogens with zero attached hydrogens (tertiary/aromatic N) is 1. The van der Waals surface area contributed by atoms with Gasteiger partial charge in [0.1, 0.15) is 10.6 Å². The van der Waals surface area contributed by atoms with Gasteiger partial charge >= 0.3 is 5.97 Å². The zero-order valence-electron chi connectivity index (χ0n) is 8.47. The molecule has 2 N–H and O–H groups in total. The van der Waals surface area contributed by atoms with Gasteiger partial charge in [-0.3, -0.25) is 0 Å². The lowest BCUT2D eigenvalue weighted by Gasteiger charge is -1.99. The lowest BCUT2D eigenvalue weighted by Crippen LogP contribution is -2.23. The molecule has 7 heteroatoms. The molecule has 0 spiro atoms. The summed E-state index contributed by atoms with van der Waals surface area (Å²) in [6.07, 6.45) is 6.13. The Kier molecular flexibility index (Phi) is 3.37. The van der Waals surface area contributed by atoms with Crippen molar-refractivity contribution in [3.05, 3.63) is 18.0 Å². The summed E-state index contributed by atoms with van der Waals surface area (Å²) in [5.74, 6) is 0.931. The van der Waals surface area contributed by atoms with E-state index >= 15 is 0 Å². The fraction of sp³-hybridized carbons (Fsp3) is 0.222. The molecule has 0 aliphatic heterocycles. The van der Waals surface area contributed by atoms with Crippen LogP contribution in [0.4, 0.5) is 0 Å². The van der Waals surface area contributed by atoms with Crippen molar-refractivity contribution < 1.29 is 18.3 Å². The second kappa shape index (κ2) is 4.38. The van der Waals surface area contributed by atoms with Crippen LogP contribution in [0.25, 0.3) is 0 Å². The molecule has 86 valence electrons. The first-order valence-electron chi connectivity index (χ1n) is 4.21. The summed E-state index contributed by atoms with van der Waals surface area (Å²) in [7, 11) is -2.29.